The number of carbonyl (C=O) groups is 1. The summed E-state index contributed by atoms with van der Waals surface area (Å²) in [5.41, 5.74) is -1.25. The molecular formula is C21H16ClF3N2O2. The van der Waals surface area contributed by atoms with Gasteiger partial charge < -0.3 is 5.32 Å². The Morgan fingerprint density at radius 2 is 1.59 bits per heavy atom. The number of aromatic nitrogens is 1. The molecule has 2 aromatic carbocycles. The zero-order valence-electron chi connectivity index (χ0n) is 15.0. The molecule has 4 nitrogen and oxygen atoms in total. The number of hydrogen-bond acceptors (Lipinski definition) is 2. The molecule has 0 fully saturated rings. The van der Waals surface area contributed by atoms with Crippen LogP contribution in [0.15, 0.2) is 71.5 Å². The highest BCUT2D eigenvalue weighted by atomic mass is 35.5. The lowest BCUT2D eigenvalue weighted by atomic mass is 10.1. The number of nitrogens with one attached hydrogen (secondary N) is 1. The van der Waals surface area contributed by atoms with Crippen molar-refractivity contribution in [1.29, 1.82) is 0 Å². The molecule has 3 rings (SSSR count). The second-order valence-corrected chi connectivity index (χ2v) is 6.75. The van der Waals surface area contributed by atoms with Gasteiger partial charge in [0.05, 0.1) is 6.54 Å². The first-order valence-electron chi connectivity index (χ1n) is 8.63. The molecule has 150 valence electrons. The van der Waals surface area contributed by atoms with Crippen LogP contribution in [-0.4, -0.2) is 10.5 Å². The van der Waals surface area contributed by atoms with Gasteiger partial charge in [-0.2, -0.15) is 13.2 Å². The van der Waals surface area contributed by atoms with Crippen LogP contribution in [0.5, 0.6) is 0 Å². The van der Waals surface area contributed by atoms with Crippen LogP contribution < -0.4 is 10.9 Å². The zero-order valence-corrected chi connectivity index (χ0v) is 15.8. The summed E-state index contributed by atoms with van der Waals surface area (Å²) in [5.74, 6) is -0.738. The van der Waals surface area contributed by atoms with Crippen molar-refractivity contribution in [3.8, 4) is 0 Å². The topological polar surface area (TPSA) is 51.1 Å². The Hall–Kier alpha value is -3.06. The van der Waals surface area contributed by atoms with Crippen LogP contribution in [0.4, 0.5) is 13.2 Å². The average Bonchev–Trinajstić information content (AvgIpc) is 2.69. The first-order chi connectivity index (χ1) is 13.8. The normalized spacial score (nSPS) is 11.3. The summed E-state index contributed by atoms with van der Waals surface area (Å²) in [7, 11) is 0. The average molecular weight is 421 g/mol. The summed E-state index contributed by atoms with van der Waals surface area (Å²) >= 11 is 5.80. The molecule has 1 heterocycles. The summed E-state index contributed by atoms with van der Waals surface area (Å²) in [6.45, 7) is -0.192. The fraction of sp³-hybridized carbons (Fsp3) is 0.143. The number of nitrogens with zero attached hydrogens (tertiary/aromatic N) is 1. The predicted octanol–water partition coefficient (Wildman–Crippen LogP) is 4.50. The van der Waals surface area contributed by atoms with Crippen molar-refractivity contribution in [2.45, 2.75) is 19.3 Å². The number of carbonyl (C=O) groups excluding carboxylic acids is 1. The Bertz CT molecular complexity index is 1060. The summed E-state index contributed by atoms with van der Waals surface area (Å²) in [6, 6.07) is 16.7. The standard InChI is InChI=1S/C21H16ClF3N2O2/c22-16-8-6-15(7-9-16)13-27-18(21(23,24)25)11-10-17(20(27)29)19(28)26-12-14-4-2-1-3-5-14/h1-11H,12-13H2,(H,26,28). The number of rotatable bonds is 5. The van der Waals surface area contributed by atoms with E-state index in [1.54, 1.807) is 24.3 Å². The van der Waals surface area contributed by atoms with Gasteiger partial charge in [0.25, 0.3) is 11.5 Å². The first kappa shape index (κ1) is 20.7. The van der Waals surface area contributed by atoms with E-state index in [1.165, 1.54) is 24.3 Å². The van der Waals surface area contributed by atoms with Crippen molar-refractivity contribution < 1.29 is 18.0 Å². The summed E-state index contributed by atoms with van der Waals surface area (Å²) in [6.07, 6.45) is -4.75. The number of benzene rings is 2. The molecule has 1 aromatic heterocycles. The van der Waals surface area contributed by atoms with Gasteiger partial charge in [0.1, 0.15) is 11.3 Å². The summed E-state index contributed by atoms with van der Waals surface area (Å²) < 4.78 is 40.8. The molecular weight excluding hydrogens is 405 g/mol. The van der Waals surface area contributed by atoms with Crippen molar-refractivity contribution >= 4 is 17.5 Å². The minimum Gasteiger partial charge on any atom is -0.348 e. The number of hydrogen-bond donors (Lipinski definition) is 1. The van der Waals surface area contributed by atoms with Gasteiger partial charge in [-0.05, 0) is 35.4 Å². The van der Waals surface area contributed by atoms with Gasteiger partial charge in [-0.15, -0.1) is 0 Å². The van der Waals surface area contributed by atoms with E-state index in [-0.39, 0.29) is 18.7 Å². The van der Waals surface area contributed by atoms with Gasteiger partial charge in [-0.3, -0.25) is 14.2 Å². The maximum atomic E-state index is 13.4. The highest BCUT2D eigenvalue weighted by molar-refractivity contribution is 6.30. The molecule has 0 saturated carbocycles. The van der Waals surface area contributed by atoms with Crippen LogP contribution in [0.1, 0.15) is 27.2 Å². The summed E-state index contributed by atoms with van der Waals surface area (Å²) in [5, 5.41) is 2.98. The van der Waals surface area contributed by atoms with E-state index in [4.69, 9.17) is 11.6 Å². The van der Waals surface area contributed by atoms with Crippen LogP contribution in [0.3, 0.4) is 0 Å². The molecule has 29 heavy (non-hydrogen) atoms. The fourth-order valence-corrected chi connectivity index (χ4v) is 2.93. The van der Waals surface area contributed by atoms with Crippen LogP contribution in [0.25, 0.3) is 0 Å². The lowest BCUT2D eigenvalue weighted by molar-refractivity contribution is -0.144. The lowest BCUT2D eigenvalue weighted by Crippen LogP contribution is -2.36. The number of alkyl halides is 3. The third-order valence-corrected chi connectivity index (χ3v) is 4.51. The minimum atomic E-state index is -4.75. The molecule has 1 N–H and O–H groups in total. The Labute approximate surface area is 169 Å². The lowest BCUT2D eigenvalue weighted by Gasteiger charge is -2.17. The monoisotopic (exact) mass is 420 g/mol. The van der Waals surface area contributed by atoms with E-state index >= 15 is 0 Å². The Morgan fingerprint density at radius 3 is 2.21 bits per heavy atom. The van der Waals surface area contributed by atoms with Crippen molar-refractivity contribution in [2.24, 2.45) is 0 Å². The van der Waals surface area contributed by atoms with Gasteiger partial charge in [0.2, 0.25) is 0 Å². The molecule has 0 radical (unpaired) electrons. The molecule has 0 aliphatic carbocycles. The highest BCUT2D eigenvalue weighted by Gasteiger charge is 2.35. The second-order valence-electron chi connectivity index (χ2n) is 6.32. The van der Waals surface area contributed by atoms with Gasteiger partial charge >= 0.3 is 6.18 Å². The molecule has 1 amide bonds. The molecule has 0 saturated heterocycles. The molecule has 0 bridgehead atoms. The first-order valence-corrected chi connectivity index (χ1v) is 9.01. The van der Waals surface area contributed by atoms with E-state index in [9.17, 15) is 22.8 Å². The van der Waals surface area contributed by atoms with Gasteiger partial charge in [-0.1, -0.05) is 54.1 Å². The smallest absolute Gasteiger partial charge is 0.348 e. The van der Waals surface area contributed by atoms with Crippen molar-refractivity contribution in [3.05, 3.63) is 104 Å². The summed E-state index contributed by atoms with van der Waals surface area (Å²) in [4.78, 5) is 25.2. The molecule has 0 spiro atoms. The molecule has 0 atom stereocenters. The van der Waals surface area contributed by atoms with Crippen LogP contribution in [0.2, 0.25) is 5.02 Å². The number of amides is 1. The third kappa shape index (κ3) is 5.06. The van der Waals surface area contributed by atoms with Crippen molar-refractivity contribution in [2.75, 3.05) is 0 Å². The van der Waals surface area contributed by atoms with Crippen molar-refractivity contribution in [1.82, 2.24) is 9.88 Å². The predicted molar refractivity (Wildman–Crippen MR) is 104 cm³/mol. The number of pyridine rings is 1. The largest absolute Gasteiger partial charge is 0.431 e. The van der Waals surface area contributed by atoms with E-state index in [1.807, 2.05) is 6.07 Å². The van der Waals surface area contributed by atoms with E-state index in [0.29, 0.717) is 15.2 Å². The van der Waals surface area contributed by atoms with Crippen LogP contribution >= 0.6 is 11.6 Å². The fourth-order valence-electron chi connectivity index (χ4n) is 2.80. The second kappa shape index (κ2) is 8.53. The van der Waals surface area contributed by atoms with E-state index < -0.39 is 23.3 Å². The molecule has 8 heteroatoms. The Balaban J connectivity index is 1.93. The quantitative estimate of drug-likeness (QED) is 0.660. The van der Waals surface area contributed by atoms with Crippen molar-refractivity contribution in [3.63, 3.8) is 0 Å². The SMILES string of the molecule is O=C(NCc1ccccc1)c1ccc(C(F)(F)F)n(Cc2ccc(Cl)cc2)c1=O. The maximum Gasteiger partial charge on any atom is 0.431 e. The van der Waals surface area contributed by atoms with Gasteiger partial charge in [-0.25, -0.2) is 0 Å². The van der Waals surface area contributed by atoms with E-state index in [0.717, 1.165) is 17.7 Å². The molecule has 0 aliphatic heterocycles. The molecule has 0 unspecified atom stereocenters. The molecule has 0 aliphatic rings. The number of halogens is 4. The van der Waals surface area contributed by atoms with Crippen LogP contribution in [0, 0.1) is 0 Å². The van der Waals surface area contributed by atoms with Gasteiger partial charge in [0.15, 0.2) is 0 Å². The van der Waals surface area contributed by atoms with E-state index in [2.05, 4.69) is 5.32 Å². The van der Waals surface area contributed by atoms with Gasteiger partial charge in [0, 0.05) is 11.6 Å². The maximum absolute atomic E-state index is 13.4. The minimum absolute atomic E-state index is 0.150. The Morgan fingerprint density at radius 1 is 0.931 bits per heavy atom. The highest BCUT2D eigenvalue weighted by Crippen LogP contribution is 2.29. The van der Waals surface area contributed by atoms with Crippen LogP contribution in [-0.2, 0) is 19.3 Å². The molecule has 3 aromatic rings. The third-order valence-electron chi connectivity index (χ3n) is 4.26. The zero-order chi connectivity index (χ0) is 21.0. The Kier molecular flexibility index (Phi) is 6.08.